The van der Waals surface area contributed by atoms with E-state index in [0.29, 0.717) is 17.5 Å². The van der Waals surface area contributed by atoms with Gasteiger partial charge in [-0.05, 0) is 57.4 Å². The third-order valence-corrected chi connectivity index (χ3v) is 11.3. The van der Waals surface area contributed by atoms with Crippen LogP contribution in [-0.2, 0) is 0 Å². The highest BCUT2D eigenvalue weighted by Crippen LogP contribution is 2.46. The van der Waals surface area contributed by atoms with Crippen LogP contribution in [0.1, 0.15) is 0 Å². The summed E-state index contributed by atoms with van der Waals surface area (Å²) < 4.78 is 8.62. The minimum absolute atomic E-state index is 0.620. The van der Waals surface area contributed by atoms with Crippen molar-refractivity contribution in [2.24, 2.45) is 0 Å². The maximum absolute atomic E-state index is 6.15. The highest BCUT2D eigenvalue weighted by molar-refractivity contribution is 7.26. The molecule has 0 aliphatic carbocycles. The molecule has 0 aliphatic rings. The first kappa shape index (κ1) is 29.1. The highest BCUT2D eigenvalue weighted by Gasteiger charge is 2.20. The number of nitrogens with zero attached hydrogens (tertiary/aromatic N) is 3. The van der Waals surface area contributed by atoms with Crippen molar-refractivity contribution < 1.29 is 4.42 Å². The largest absolute Gasteiger partial charge is 0.456 e. The number of benzene rings is 8. The highest BCUT2D eigenvalue weighted by atomic mass is 32.1. The van der Waals surface area contributed by atoms with E-state index in [2.05, 4.69) is 115 Å². The molecule has 11 aromatic rings. The molecule has 0 bridgehead atoms. The van der Waals surface area contributed by atoms with Crippen molar-refractivity contribution in [3.05, 3.63) is 164 Å². The van der Waals surface area contributed by atoms with Crippen molar-refractivity contribution in [2.75, 3.05) is 0 Å². The molecule has 8 aromatic carbocycles. The first-order chi connectivity index (χ1) is 25.8. The second-order valence-corrected chi connectivity index (χ2v) is 14.2. The van der Waals surface area contributed by atoms with E-state index in [0.717, 1.165) is 44.0 Å². The van der Waals surface area contributed by atoms with Crippen LogP contribution >= 0.6 is 11.3 Å². The van der Waals surface area contributed by atoms with Gasteiger partial charge in [0.25, 0.3) is 0 Å². The Labute approximate surface area is 302 Å². The Balaban J connectivity index is 1.17. The molecule has 0 atom stereocenters. The summed E-state index contributed by atoms with van der Waals surface area (Å²) in [6.07, 6.45) is 0. The van der Waals surface area contributed by atoms with Gasteiger partial charge in [-0.2, -0.15) is 0 Å². The summed E-state index contributed by atoms with van der Waals surface area (Å²) in [6.45, 7) is 0. The molecule has 0 radical (unpaired) electrons. The Bertz CT molecular complexity index is 3190. The van der Waals surface area contributed by atoms with Crippen LogP contribution < -0.4 is 0 Å². The molecular weight excluding hydrogens is 655 g/mol. The van der Waals surface area contributed by atoms with Gasteiger partial charge in [0.05, 0.1) is 0 Å². The first-order valence-corrected chi connectivity index (χ1v) is 18.2. The number of hydrogen-bond acceptors (Lipinski definition) is 5. The van der Waals surface area contributed by atoms with Crippen LogP contribution in [0.15, 0.2) is 168 Å². The van der Waals surface area contributed by atoms with Gasteiger partial charge in [-0.1, -0.05) is 133 Å². The van der Waals surface area contributed by atoms with Gasteiger partial charge in [-0.15, -0.1) is 11.3 Å². The Hall–Kier alpha value is -6.69. The summed E-state index contributed by atoms with van der Waals surface area (Å²) in [5.74, 6) is 1.90. The number of thiophene rings is 1. The van der Waals surface area contributed by atoms with Crippen molar-refractivity contribution in [2.45, 2.75) is 0 Å². The molecule has 0 N–H and O–H groups in total. The Morgan fingerprint density at radius 1 is 0.385 bits per heavy atom. The van der Waals surface area contributed by atoms with Crippen LogP contribution in [0.2, 0.25) is 0 Å². The van der Waals surface area contributed by atoms with Crippen LogP contribution in [0, 0.1) is 0 Å². The summed E-state index contributed by atoms with van der Waals surface area (Å²) in [4.78, 5) is 15.5. The predicted molar refractivity (Wildman–Crippen MR) is 217 cm³/mol. The molecule has 0 saturated heterocycles. The normalized spacial score (nSPS) is 11.8. The molecule has 3 aromatic heterocycles. The molecule has 52 heavy (non-hydrogen) atoms. The average Bonchev–Trinajstić information content (AvgIpc) is 3.79. The topological polar surface area (TPSA) is 51.8 Å². The minimum atomic E-state index is 0.620. The number of rotatable bonds is 4. The molecule has 0 amide bonds. The van der Waals surface area contributed by atoms with Gasteiger partial charge in [0.2, 0.25) is 0 Å². The Kier molecular flexibility index (Phi) is 6.39. The zero-order valence-corrected chi connectivity index (χ0v) is 28.6. The standard InChI is InChI=1S/C47H27N3OS/c1-2-13-29(14-3-1)45-48-46(30-24-25-41-38(26-30)34-18-8-9-23-40(34)51-41)50-47(49-45)39-27-42-43(35-19-7-6-17-33(35)39)37-22-11-21-36(44(37)52-42)32-20-10-15-28-12-4-5-16-31(28)32/h1-27H. The van der Waals surface area contributed by atoms with E-state index < -0.39 is 0 Å². The van der Waals surface area contributed by atoms with E-state index in [1.807, 2.05) is 59.9 Å². The molecule has 5 heteroatoms. The molecule has 0 fully saturated rings. The average molecular weight is 682 g/mol. The lowest BCUT2D eigenvalue weighted by Gasteiger charge is -2.11. The lowest BCUT2D eigenvalue weighted by atomic mass is 9.95. The van der Waals surface area contributed by atoms with Gasteiger partial charge >= 0.3 is 0 Å². The number of furan rings is 1. The fourth-order valence-corrected chi connectivity index (χ4v) is 9.01. The molecule has 11 rings (SSSR count). The number of para-hydroxylation sites is 1. The fraction of sp³-hybridized carbons (Fsp3) is 0. The Morgan fingerprint density at radius 2 is 1.02 bits per heavy atom. The molecule has 0 unspecified atom stereocenters. The van der Waals surface area contributed by atoms with Crippen molar-refractivity contribution in [3.8, 4) is 45.3 Å². The molecule has 4 nitrogen and oxygen atoms in total. The fourth-order valence-electron chi connectivity index (χ4n) is 7.73. The summed E-state index contributed by atoms with van der Waals surface area (Å²) >= 11 is 1.84. The molecular formula is C47H27N3OS. The maximum Gasteiger partial charge on any atom is 0.164 e. The molecule has 0 aliphatic heterocycles. The van der Waals surface area contributed by atoms with E-state index in [9.17, 15) is 0 Å². The van der Waals surface area contributed by atoms with Gasteiger partial charge in [0.1, 0.15) is 11.2 Å². The Morgan fingerprint density at radius 3 is 1.90 bits per heavy atom. The summed E-state index contributed by atoms with van der Waals surface area (Å²) in [5, 5.41) is 9.42. The van der Waals surface area contributed by atoms with E-state index >= 15 is 0 Å². The lowest BCUT2D eigenvalue weighted by Crippen LogP contribution is -2.00. The first-order valence-electron chi connectivity index (χ1n) is 17.4. The van der Waals surface area contributed by atoms with Crippen LogP contribution in [0.25, 0.3) is 109 Å². The third-order valence-electron chi connectivity index (χ3n) is 10.1. The van der Waals surface area contributed by atoms with Gasteiger partial charge in [0, 0.05) is 53.2 Å². The van der Waals surface area contributed by atoms with Gasteiger partial charge in [-0.3, -0.25) is 0 Å². The summed E-state index contributed by atoms with van der Waals surface area (Å²) in [7, 11) is 0. The van der Waals surface area contributed by atoms with Crippen molar-refractivity contribution in [3.63, 3.8) is 0 Å². The second-order valence-electron chi connectivity index (χ2n) is 13.1. The smallest absolute Gasteiger partial charge is 0.164 e. The number of hydrogen-bond donors (Lipinski definition) is 0. The molecule has 0 spiro atoms. The zero-order chi connectivity index (χ0) is 34.2. The third kappa shape index (κ3) is 4.50. The lowest BCUT2D eigenvalue weighted by molar-refractivity contribution is 0.669. The number of fused-ring (bicyclic) bond motifs is 9. The SMILES string of the molecule is c1ccc(-c2nc(-c3ccc4oc5ccccc5c4c3)nc(-c3cc4sc5c(-c6cccc7ccccc67)cccc5c4c4ccccc34)n2)cc1. The van der Waals surface area contributed by atoms with E-state index in [1.165, 1.54) is 47.5 Å². The molecule has 3 heterocycles. The quantitative estimate of drug-likeness (QED) is 0.185. The van der Waals surface area contributed by atoms with Crippen molar-refractivity contribution in [1.29, 1.82) is 0 Å². The summed E-state index contributed by atoms with van der Waals surface area (Å²) in [6, 6.07) is 57.4. The van der Waals surface area contributed by atoms with E-state index in [4.69, 9.17) is 19.4 Å². The van der Waals surface area contributed by atoms with Gasteiger partial charge in [-0.25, -0.2) is 15.0 Å². The zero-order valence-electron chi connectivity index (χ0n) is 27.7. The van der Waals surface area contributed by atoms with E-state index in [-0.39, 0.29) is 0 Å². The van der Waals surface area contributed by atoms with E-state index in [1.54, 1.807) is 0 Å². The van der Waals surface area contributed by atoms with Crippen LogP contribution in [0.3, 0.4) is 0 Å². The molecule has 0 saturated carbocycles. The van der Waals surface area contributed by atoms with Crippen LogP contribution in [0.5, 0.6) is 0 Å². The van der Waals surface area contributed by atoms with Gasteiger partial charge in [0.15, 0.2) is 17.5 Å². The summed E-state index contributed by atoms with van der Waals surface area (Å²) in [5.41, 5.74) is 7.03. The minimum Gasteiger partial charge on any atom is -0.456 e. The van der Waals surface area contributed by atoms with Crippen molar-refractivity contribution >= 4 is 75.0 Å². The van der Waals surface area contributed by atoms with Crippen molar-refractivity contribution in [1.82, 2.24) is 15.0 Å². The van der Waals surface area contributed by atoms with Crippen LogP contribution in [-0.4, -0.2) is 15.0 Å². The van der Waals surface area contributed by atoms with Gasteiger partial charge < -0.3 is 4.42 Å². The number of aromatic nitrogens is 3. The predicted octanol–water partition coefficient (Wildman–Crippen LogP) is 13.1. The monoisotopic (exact) mass is 681 g/mol. The van der Waals surface area contributed by atoms with Crippen LogP contribution in [0.4, 0.5) is 0 Å². The second kappa shape index (κ2) is 11.4. The molecule has 242 valence electrons. The maximum atomic E-state index is 6.15.